The zero-order valence-corrected chi connectivity index (χ0v) is 9.21. The second-order valence-corrected chi connectivity index (χ2v) is 3.31. The van der Waals surface area contributed by atoms with Gasteiger partial charge in [-0.05, 0) is 25.5 Å². The Balaban J connectivity index is 0.00000196. The highest BCUT2D eigenvalue weighted by atomic mass is 35.5. The zero-order chi connectivity index (χ0) is 10.9. The van der Waals surface area contributed by atoms with Gasteiger partial charge in [0.25, 0.3) is 0 Å². The Bertz CT molecular complexity index is 302. The van der Waals surface area contributed by atoms with Crippen LogP contribution in [0.4, 0.5) is 13.2 Å². The molecule has 0 bridgehead atoms. The summed E-state index contributed by atoms with van der Waals surface area (Å²) in [5, 5.41) is 0. The summed E-state index contributed by atoms with van der Waals surface area (Å²) in [5.41, 5.74) is 6.17. The average Bonchev–Trinajstić information content (AvgIpc) is 2.28. The number of furan rings is 1. The Kier molecular flexibility index (Phi) is 4.67. The lowest BCUT2D eigenvalue weighted by Gasteiger charge is -2.11. The molecular weight excluding hydrogens is 231 g/mol. The number of hydrogen-bond acceptors (Lipinski definition) is 2. The molecule has 2 N–H and O–H groups in total. The van der Waals surface area contributed by atoms with Crippen molar-refractivity contribution < 1.29 is 17.6 Å². The minimum absolute atomic E-state index is 0. The molecule has 0 aromatic carbocycles. The normalized spacial score (nSPS) is 13.5. The van der Waals surface area contributed by atoms with Crippen LogP contribution in [-0.4, -0.2) is 6.18 Å². The SMILES string of the molecule is Cc1cc([C@H](N)CC(F)(F)F)oc1C.Cl. The maximum atomic E-state index is 12.0. The molecule has 1 aromatic heterocycles. The molecule has 0 saturated carbocycles. The first-order valence-electron chi connectivity index (χ1n) is 4.19. The van der Waals surface area contributed by atoms with E-state index in [1.807, 2.05) is 0 Å². The van der Waals surface area contributed by atoms with Crippen molar-refractivity contribution in [2.45, 2.75) is 32.5 Å². The summed E-state index contributed by atoms with van der Waals surface area (Å²) >= 11 is 0. The van der Waals surface area contributed by atoms with E-state index >= 15 is 0 Å². The quantitative estimate of drug-likeness (QED) is 0.866. The smallest absolute Gasteiger partial charge is 0.391 e. The van der Waals surface area contributed by atoms with Crippen LogP contribution in [0.3, 0.4) is 0 Å². The first-order chi connectivity index (χ1) is 6.29. The fourth-order valence-electron chi connectivity index (χ4n) is 1.13. The molecule has 0 aliphatic carbocycles. The highest BCUT2D eigenvalue weighted by Gasteiger charge is 2.32. The molecule has 1 rings (SSSR count). The van der Waals surface area contributed by atoms with E-state index in [9.17, 15) is 13.2 Å². The van der Waals surface area contributed by atoms with Gasteiger partial charge >= 0.3 is 6.18 Å². The van der Waals surface area contributed by atoms with E-state index in [0.29, 0.717) is 5.76 Å². The summed E-state index contributed by atoms with van der Waals surface area (Å²) in [4.78, 5) is 0. The van der Waals surface area contributed by atoms with Crippen LogP contribution in [0.5, 0.6) is 0 Å². The minimum atomic E-state index is -4.26. The van der Waals surface area contributed by atoms with Gasteiger partial charge in [0.2, 0.25) is 0 Å². The van der Waals surface area contributed by atoms with Crippen molar-refractivity contribution in [1.29, 1.82) is 0 Å². The van der Waals surface area contributed by atoms with Crippen LogP contribution in [0.25, 0.3) is 0 Å². The fraction of sp³-hybridized carbons (Fsp3) is 0.556. The van der Waals surface area contributed by atoms with Crippen molar-refractivity contribution in [3.63, 3.8) is 0 Å². The van der Waals surface area contributed by atoms with Crippen molar-refractivity contribution in [2.75, 3.05) is 0 Å². The highest BCUT2D eigenvalue weighted by molar-refractivity contribution is 5.85. The van der Waals surface area contributed by atoms with Gasteiger partial charge in [0.1, 0.15) is 11.5 Å². The molecular formula is C9H13ClF3NO. The summed E-state index contributed by atoms with van der Waals surface area (Å²) in [6.07, 6.45) is -5.31. The van der Waals surface area contributed by atoms with Crippen molar-refractivity contribution >= 4 is 12.4 Å². The van der Waals surface area contributed by atoms with Gasteiger partial charge in [-0.3, -0.25) is 0 Å². The van der Waals surface area contributed by atoms with Crippen molar-refractivity contribution in [2.24, 2.45) is 5.73 Å². The Morgan fingerprint density at radius 2 is 1.93 bits per heavy atom. The molecule has 0 aliphatic rings. The monoisotopic (exact) mass is 243 g/mol. The molecule has 6 heteroatoms. The Labute approximate surface area is 92.0 Å². The van der Waals surface area contributed by atoms with Crippen LogP contribution in [0.15, 0.2) is 10.5 Å². The molecule has 1 aromatic rings. The number of hydrogen-bond donors (Lipinski definition) is 1. The van der Waals surface area contributed by atoms with Crippen LogP contribution in [0, 0.1) is 13.8 Å². The number of halogens is 4. The fourth-order valence-corrected chi connectivity index (χ4v) is 1.13. The number of aryl methyl sites for hydroxylation is 2. The molecule has 0 unspecified atom stereocenters. The van der Waals surface area contributed by atoms with E-state index < -0.39 is 18.6 Å². The summed E-state index contributed by atoms with van der Waals surface area (Å²) in [5.74, 6) is 0.801. The van der Waals surface area contributed by atoms with Crippen LogP contribution in [0.2, 0.25) is 0 Å². The molecule has 1 heterocycles. The molecule has 1 atom stereocenters. The van der Waals surface area contributed by atoms with Gasteiger partial charge in [-0.1, -0.05) is 0 Å². The zero-order valence-electron chi connectivity index (χ0n) is 8.39. The van der Waals surface area contributed by atoms with Gasteiger partial charge in [0.05, 0.1) is 12.5 Å². The lowest BCUT2D eigenvalue weighted by molar-refractivity contribution is -0.139. The molecule has 0 radical (unpaired) electrons. The van der Waals surface area contributed by atoms with Gasteiger partial charge < -0.3 is 10.2 Å². The van der Waals surface area contributed by atoms with E-state index in [4.69, 9.17) is 10.2 Å². The first-order valence-corrected chi connectivity index (χ1v) is 4.19. The lowest BCUT2D eigenvalue weighted by Crippen LogP contribution is -2.19. The van der Waals surface area contributed by atoms with Crippen LogP contribution in [0.1, 0.15) is 29.5 Å². The Morgan fingerprint density at radius 3 is 2.27 bits per heavy atom. The van der Waals surface area contributed by atoms with Crippen LogP contribution < -0.4 is 5.73 Å². The standard InChI is InChI=1S/C9H12F3NO.ClH/c1-5-3-8(14-6(5)2)7(13)4-9(10,11)12;/h3,7H,4,13H2,1-2H3;1H/t7-;/m1./s1. The minimum Gasteiger partial charge on any atom is -0.464 e. The second-order valence-electron chi connectivity index (χ2n) is 3.31. The van der Waals surface area contributed by atoms with Gasteiger partial charge in [0, 0.05) is 0 Å². The molecule has 2 nitrogen and oxygen atoms in total. The van der Waals surface area contributed by atoms with E-state index in [2.05, 4.69) is 0 Å². The lowest BCUT2D eigenvalue weighted by atomic mass is 10.1. The first kappa shape index (κ1) is 14.3. The summed E-state index contributed by atoms with van der Waals surface area (Å²) in [7, 11) is 0. The van der Waals surface area contributed by atoms with Gasteiger partial charge in [-0.2, -0.15) is 13.2 Å². The Hall–Kier alpha value is -0.680. The number of alkyl halides is 3. The third-order valence-electron chi connectivity index (χ3n) is 2.00. The Morgan fingerprint density at radius 1 is 1.40 bits per heavy atom. The third-order valence-corrected chi connectivity index (χ3v) is 2.00. The van der Waals surface area contributed by atoms with Crippen LogP contribution >= 0.6 is 12.4 Å². The van der Waals surface area contributed by atoms with E-state index in [1.165, 1.54) is 0 Å². The number of rotatable bonds is 2. The molecule has 0 amide bonds. The van der Waals surface area contributed by atoms with Crippen molar-refractivity contribution in [1.82, 2.24) is 0 Å². The predicted molar refractivity (Wildman–Crippen MR) is 53.0 cm³/mol. The molecule has 0 saturated heterocycles. The molecule has 15 heavy (non-hydrogen) atoms. The van der Waals surface area contributed by atoms with Crippen LogP contribution in [-0.2, 0) is 0 Å². The summed E-state index contributed by atoms with van der Waals surface area (Å²) in [6.45, 7) is 3.46. The van der Waals surface area contributed by atoms with Gasteiger partial charge in [0.15, 0.2) is 0 Å². The second kappa shape index (κ2) is 4.90. The van der Waals surface area contributed by atoms with Crippen molar-refractivity contribution in [3.05, 3.63) is 23.2 Å². The van der Waals surface area contributed by atoms with Gasteiger partial charge in [-0.25, -0.2) is 0 Å². The third kappa shape index (κ3) is 4.13. The molecule has 0 aliphatic heterocycles. The van der Waals surface area contributed by atoms with Crippen molar-refractivity contribution in [3.8, 4) is 0 Å². The largest absolute Gasteiger partial charge is 0.464 e. The topological polar surface area (TPSA) is 39.2 Å². The predicted octanol–water partition coefficient (Wildman–Crippen LogP) is 3.27. The molecule has 0 fully saturated rings. The maximum absolute atomic E-state index is 12.0. The summed E-state index contributed by atoms with van der Waals surface area (Å²) < 4.78 is 41.0. The highest BCUT2D eigenvalue weighted by Crippen LogP contribution is 2.29. The maximum Gasteiger partial charge on any atom is 0.391 e. The van der Waals surface area contributed by atoms with E-state index in [-0.39, 0.29) is 18.2 Å². The average molecular weight is 244 g/mol. The van der Waals surface area contributed by atoms with E-state index in [1.54, 1.807) is 19.9 Å². The number of nitrogens with two attached hydrogens (primary N) is 1. The molecule has 88 valence electrons. The summed E-state index contributed by atoms with van der Waals surface area (Å²) in [6, 6.07) is 0.438. The molecule has 0 spiro atoms. The van der Waals surface area contributed by atoms with E-state index in [0.717, 1.165) is 5.56 Å². The van der Waals surface area contributed by atoms with Gasteiger partial charge in [-0.15, -0.1) is 12.4 Å².